The van der Waals surface area contributed by atoms with Crippen LogP contribution in [0.15, 0.2) is 24.3 Å². The molecule has 1 unspecified atom stereocenters. The van der Waals surface area contributed by atoms with E-state index in [2.05, 4.69) is 5.32 Å². The lowest BCUT2D eigenvalue weighted by atomic mass is 10.1. The quantitative estimate of drug-likeness (QED) is 0.370. The molecule has 0 aromatic heterocycles. The average Bonchev–Trinajstić information content (AvgIpc) is 2.66. The number of nitrogens with one attached hydrogen (secondary N) is 2. The lowest BCUT2D eigenvalue weighted by molar-refractivity contribution is -0.149. The highest BCUT2D eigenvalue weighted by molar-refractivity contribution is 5.93. The fraction of sp³-hybridized carbons (Fsp3) is 0.550. The lowest BCUT2D eigenvalue weighted by Gasteiger charge is -2.20. The summed E-state index contributed by atoms with van der Waals surface area (Å²) in [5.74, 6) is -6.76. The van der Waals surface area contributed by atoms with Gasteiger partial charge in [0.15, 0.2) is 0 Å². The number of hydrogen-bond acceptors (Lipinski definition) is 4. The van der Waals surface area contributed by atoms with Crippen LogP contribution in [0.1, 0.15) is 51.0 Å². The summed E-state index contributed by atoms with van der Waals surface area (Å²) in [5.41, 5.74) is 6.01. The molecule has 0 aliphatic rings. The Balaban J connectivity index is 2.48. The van der Waals surface area contributed by atoms with Crippen LogP contribution in [0.5, 0.6) is 5.75 Å². The molecule has 0 aliphatic carbocycles. The van der Waals surface area contributed by atoms with E-state index in [9.17, 15) is 28.3 Å². The van der Waals surface area contributed by atoms with Crippen LogP contribution >= 0.6 is 0 Å². The molecule has 0 saturated carbocycles. The number of amides is 3. The fourth-order valence-electron chi connectivity index (χ4n) is 2.64. The minimum absolute atomic E-state index is 0.125. The van der Waals surface area contributed by atoms with Crippen LogP contribution in [-0.4, -0.2) is 41.3 Å². The topological polar surface area (TPSA) is 122 Å². The maximum Gasteiger partial charge on any atom is 0.324 e. The van der Waals surface area contributed by atoms with Gasteiger partial charge in [0.1, 0.15) is 11.8 Å². The average molecular weight is 413 g/mol. The fourth-order valence-corrected chi connectivity index (χ4v) is 2.64. The maximum atomic E-state index is 13.9. The van der Waals surface area contributed by atoms with Crippen molar-refractivity contribution in [2.45, 2.75) is 63.8 Å². The molecule has 162 valence electrons. The minimum atomic E-state index is -3.63. The van der Waals surface area contributed by atoms with Crippen LogP contribution in [0.3, 0.4) is 0 Å². The van der Waals surface area contributed by atoms with Crippen LogP contribution in [0.4, 0.5) is 8.78 Å². The van der Waals surface area contributed by atoms with E-state index >= 15 is 0 Å². The summed E-state index contributed by atoms with van der Waals surface area (Å²) in [4.78, 5) is 35.3. The van der Waals surface area contributed by atoms with Crippen LogP contribution in [0.25, 0.3) is 0 Å². The van der Waals surface area contributed by atoms with Gasteiger partial charge in [0.2, 0.25) is 11.8 Å². The smallest absolute Gasteiger partial charge is 0.324 e. The molecular weight excluding hydrogens is 384 g/mol. The Kier molecular flexibility index (Phi) is 10.1. The molecule has 1 atom stereocenters. The van der Waals surface area contributed by atoms with Crippen LogP contribution in [0.2, 0.25) is 0 Å². The van der Waals surface area contributed by atoms with Crippen molar-refractivity contribution in [3.05, 3.63) is 29.8 Å². The Morgan fingerprint density at radius 3 is 2.38 bits per heavy atom. The second-order valence-corrected chi connectivity index (χ2v) is 6.91. The third-order valence-corrected chi connectivity index (χ3v) is 4.39. The summed E-state index contributed by atoms with van der Waals surface area (Å²) in [6.07, 6.45) is 1.77. The summed E-state index contributed by atoms with van der Waals surface area (Å²) in [6, 6.07) is 4.89. The molecule has 1 aromatic rings. The molecule has 0 saturated heterocycles. The Morgan fingerprint density at radius 1 is 1.14 bits per heavy atom. The number of nitrogens with two attached hydrogens (primary N) is 1. The molecular formula is C20H29F2N3O4. The number of unbranched alkanes of at least 4 members (excludes halogenated alkanes) is 3. The predicted octanol–water partition coefficient (Wildman–Crippen LogP) is 2.02. The molecule has 1 aromatic carbocycles. The van der Waals surface area contributed by atoms with Crippen molar-refractivity contribution in [3.8, 4) is 5.75 Å². The number of phenolic OH excluding ortho intramolecular Hbond substituents is 1. The molecule has 0 fully saturated rings. The normalized spacial score (nSPS) is 12.2. The van der Waals surface area contributed by atoms with Gasteiger partial charge in [0.05, 0.1) is 6.42 Å². The molecule has 0 bridgehead atoms. The number of phenols is 1. The standard InChI is InChI=1S/C20H29F2N3O4/c1-2-3-4-5-11-20(21,22)19(29)25-16(18(23)28)13-17(27)24-12-10-14-6-8-15(26)9-7-14/h6-9,16,26H,2-5,10-13H2,1H3,(H2,23,28)(H,24,27)(H,25,29). The molecule has 29 heavy (non-hydrogen) atoms. The minimum Gasteiger partial charge on any atom is -0.508 e. The van der Waals surface area contributed by atoms with Gasteiger partial charge in [-0.3, -0.25) is 14.4 Å². The highest BCUT2D eigenvalue weighted by Gasteiger charge is 2.39. The Bertz CT molecular complexity index is 681. The van der Waals surface area contributed by atoms with Crippen molar-refractivity contribution in [2.24, 2.45) is 5.73 Å². The molecule has 0 spiro atoms. The number of benzene rings is 1. The monoisotopic (exact) mass is 413 g/mol. The molecule has 0 aliphatic heterocycles. The van der Waals surface area contributed by atoms with E-state index < -0.39 is 42.5 Å². The molecule has 7 nitrogen and oxygen atoms in total. The number of alkyl halides is 2. The van der Waals surface area contributed by atoms with Gasteiger partial charge in [-0.05, 0) is 30.5 Å². The number of halogens is 2. The van der Waals surface area contributed by atoms with Gasteiger partial charge in [-0.1, -0.05) is 38.3 Å². The lowest BCUT2D eigenvalue weighted by Crippen LogP contribution is -2.52. The first-order chi connectivity index (χ1) is 13.7. The number of aromatic hydroxyl groups is 1. The van der Waals surface area contributed by atoms with Gasteiger partial charge in [-0.2, -0.15) is 8.78 Å². The Hall–Kier alpha value is -2.71. The summed E-state index contributed by atoms with van der Waals surface area (Å²) < 4.78 is 27.9. The summed E-state index contributed by atoms with van der Waals surface area (Å²) >= 11 is 0. The zero-order chi connectivity index (χ0) is 21.9. The van der Waals surface area contributed by atoms with Crippen molar-refractivity contribution in [2.75, 3.05) is 6.54 Å². The third-order valence-electron chi connectivity index (χ3n) is 4.39. The van der Waals surface area contributed by atoms with Gasteiger partial charge < -0.3 is 21.5 Å². The highest BCUT2D eigenvalue weighted by Crippen LogP contribution is 2.22. The van der Waals surface area contributed by atoms with E-state index in [0.29, 0.717) is 12.8 Å². The van der Waals surface area contributed by atoms with Crippen molar-refractivity contribution in [1.82, 2.24) is 10.6 Å². The Morgan fingerprint density at radius 2 is 1.79 bits per heavy atom. The Labute approximate surface area is 169 Å². The second-order valence-electron chi connectivity index (χ2n) is 6.91. The molecule has 9 heteroatoms. The molecule has 0 radical (unpaired) electrons. The summed E-state index contributed by atoms with van der Waals surface area (Å²) in [7, 11) is 0. The number of carbonyl (C=O) groups excluding carboxylic acids is 3. The third kappa shape index (κ3) is 9.36. The SMILES string of the molecule is CCCCCCC(F)(F)C(=O)NC(CC(=O)NCCc1ccc(O)cc1)C(N)=O. The van der Waals surface area contributed by atoms with Gasteiger partial charge in [-0.15, -0.1) is 0 Å². The first-order valence-electron chi connectivity index (χ1n) is 9.68. The predicted molar refractivity (Wildman–Crippen MR) is 104 cm³/mol. The largest absolute Gasteiger partial charge is 0.508 e. The molecule has 3 amide bonds. The van der Waals surface area contributed by atoms with E-state index in [1.807, 2.05) is 12.2 Å². The molecule has 1 rings (SSSR count). The molecule has 0 heterocycles. The second kappa shape index (κ2) is 12.0. The van der Waals surface area contributed by atoms with Crippen LogP contribution in [0, 0.1) is 0 Å². The zero-order valence-corrected chi connectivity index (χ0v) is 16.5. The number of primary amides is 1. The summed E-state index contributed by atoms with van der Waals surface area (Å²) in [6.45, 7) is 2.18. The summed E-state index contributed by atoms with van der Waals surface area (Å²) in [5, 5.41) is 13.7. The first kappa shape index (κ1) is 24.3. The number of hydrogen-bond donors (Lipinski definition) is 4. The number of carbonyl (C=O) groups is 3. The number of rotatable bonds is 13. The zero-order valence-electron chi connectivity index (χ0n) is 16.5. The highest BCUT2D eigenvalue weighted by atomic mass is 19.3. The van der Waals surface area contributed by atoms with Crippen molar-refractivity contribution in [1.29, 1.82) is 0 Å². The van der Waals surface area contributed by atoms with Gasteiger partial charge >= 0.3 is 5.92 Å². The maximum absolute atomic E-state index is 13.9. The van der Waals surface area contributed by atoms with E-state index in [1.165, 1.54) is 12.1 Å². The van der Waals surface area contributed by atoms with E-state index in [4.69, 9.17) is 5.73 Å². The molecule has 5 N–H and O–H groups in total. The first-order valence-corrected chi connectivity index (χ1v) is 9.68. The van der Waals surface area contributed by atoms with E-state index in [1.54, 1.807) is 12.1 Å². The van der Waals surface area contributed by atoms with Crippen molar-refractivity contribution in [3.63, 3.8) is 0 Å². The van der Waals surface area contributed by atoms with Crippen LogP contribution in [-0.2, 0) is 20.8 Å². The van der Waals surface area contributed by atoms with Gasteiger partial charge in [-0.25, -0.2) is 0 Å². The van der Waals surface area contributed by atoms with Crippen LogP contribution < -0.4 is 16.4 Å². The van der Waals surface area contributed by atoms with Crippen molar-refractivity contribution >= 4 is 17.7 Å². The van der Waals surface area contributed by atoms with E-state index in [0.717, 1.165) is 18.4 Å². The van der Waals surface area contributed by atoms with Gasteiger partial charge in [0, 0.05) is 13.0 Å². The van der Waals surface area contributed by atoms with Gasteiger partial charge in [0.25, 0.3) is 5.91 Å². The van der Waals surface area contributed by atoms with Crippen molar-refractivity contribution < 1.29 is 28.3 Å². The van der Waals surface area contributed by atoms with E-state index in [-0.39, 0.29) is 18.7 Å².